The molecule has 0 aliphatic rings. The summed E-state index contributed by atoms with van der Waals surface area (Å²) in [4.78, 5) is 30.8. The van der Waals surface area contributed by atoms with Crippen LogP contribution in [0.5, 0.6) is 11.5 Å². The molecule has 0 saturated heterocycles. The highest BCUT2D eigenvalue weighted by atomic mass is 32.1. The average molecular weight is 515 g/mol. The van der Waals surface area contributed by atoms with Gasteiger partial charge < -0.3 is 30.8 Å². The molecule has 5 N–H and O–H groups in total. The molecule has 0 spiro atoms. The summed E-state index contributed by atoms with van der Waals surface area (Å²) in [7, 11) is 4.50. The van der Waals surface area contributed by atoms with E-state index >= 15 is 0 Å². The third-order valence-electron chi connectivity index (χ3n) is 4.55. The number of aromatic carboxylic acids is 1. The molecule has 0 fully saturated rings. The van der Waals surface area contributed by atoms with Crippen LogP contribution >= 0.6 is 22.7 Å². The molecule has 0 unspecified atom stereocenters. The van der Waals surface area contributed by atoms with Crippen molar-refractivity contribution < 1.29 is 28.9 Å². The maximum atomic E-state index is 11.4. The van der Waals surface area contributed by atoms with Crippen molar-refractivity contribution in [3.05, 3.63) is 58.3 Å². The number of carbonyl (C=O) groups is 2. The van der Waals surface area contributed by atoms with Crippen LogP contribution in [0.4, 0.5) is 11.6 Å². The number of anilines is 2. The third-order valence-corrected chi connectivity index (χ3v) is 6.75. The largest absolute Gasteiger partial charge is 0.497 e. The smallest absolute Gasteiger partial charge is 0.351 e. The highest BCUT2D eigenvalue weighted by Gasteiger charge is 2.17. The number of carboxylic acid groups (broad SMARTS) is 1. The number of nitrogens with two attached hydrogens (primary N) is 2. The first-order valence-corrected chi connectivity index (χ1v) is 11.5. The Balaban J connectivity index is 0.000000196. The Kier molecular flexibility index (Phi) is 8.23. The summed E-state index contributed by atoms with van der Waals surface area (Å²) < 4.78 is 14.7. The number of rotatable bonds is 6. The number of carbonyl (C=O) groups excluding carboxylic acids is 1. The van der Waals surface area contributed by atoms with E-state index in [-0.39, 0.29) is 16.5 Å². The van der Waals surface area contributed by atoms with E-state index in [1.165, 1.54) is 18.4 Å². The van der Waals surface area contributed by atoms with E-state index in [9.17, 15) is 9.59 Å². The lowest BCUT2D eigenvalue weighted by atomic mass is 10.2. The van der Waals surface area contributed by atoms with Crippen LogP contribution in [0.3, 0.4) is 0 Å². The summed E-state index contributed by atoms with van der Waals surface area (Å²) in [6.45, 7) is 0. The molecule has 10 nitrogen and oxygen atoms in total. The number of nitrogens with zero attached hydrogens (tertiary/aromatic N) is 2. The molecule has 0 atom stereocenters. The second kappa shape index (κ2) is 11.3. The van der Waals surface area contributed by atoms with Gasteiger partial charge in [0.05, 0.1) is 21.3 Å². The van der Waals surface area contributed by atoms with Crippen LogP contribution < -0.4 is 20.9 Å². The van der Waals surface area contributed by atoms with Crippen molar-refractivity contribution in [2.75, 3.05) is 32.8 Å². The lowest BCUT2D eigenvalue weighted by molar-refractivity contribution is 0.0606. The van der Waals surface area contributed by atoms with Crippen LogP contribution in [-0.2, 0) is 4.74 Å². The average Bonchev–Trinajstić information content (AvgIpc) is 3.47. The Morgan fingerprint density at radius 3 is 1.49 bits per heavy atom. The molecule has 4 rings (SSSR count). The van der Waals surface area contributed by atoms with Crippen LogP contribution in [0, 0.1) is 0 Å². The van der Waals surface area contributed by atoms with Gasteiger partial charge in [-0.2, -0.15) is 0 Å². The standard InChI is InChI=1S/C12H12N2O3S.C11H10N2O3S/c1-16-8-5-3-7(4-6-8)11-14-10(13)9(18-11)12(15)17-2;1-16-7-4-2-6(3-5-7)10-13-9(12)8(17-10)11(14)15/h3-6H,13H2,1-2H3;2-5H,12H2,1H3,(H,14,15). The molecule has 0 amide bonds. The fourth-order valence-corrected chi connectivity index (χ4v) is 4.51. The van der Waals surface area contributed by atoms with Crippen LogP contribution in [0.25, 0.3) is 21.1 Å². The zero-order chi connectivity index (χ0) is 25.5. The van der Waals surface area contributed by atoms with Gasteiger partial charge in [-0.25, -0.2) is 19.6 Å². The van der Waals surface area contributed by atoms with E-state index in [0.717, 1.165) is 34.0 Å². The summed E-state index contributed by atoms with van der Waals surface area (Å²) in [5.41, 5.74) is 12.9. The number of benzene rings is 2. The van der Waals surface area contributed by atoms with Crippen molar-refractivity contribution in [2.24, 2.45) is 0 Å². The highest BCUT2D eigenvalue weighted by Crippen LogP contribution is 2.31. The minimum absolute atomic E-state index is 0.0494. The van der Waals surface area contributed by atoms with Gasteiger partial charge in [-0.3, -0.25) is 0 Å². The number of aromatic nitrogens is 2. The van der Waals surface area contributed by atoms with Crippen LogP contribution in [0.15, 0.2) is 48.5 Å². The number of hydrogen-bond acceptors (Lipinski definition) is 11. The van der Waals surface area contributed by atoms with Gasteiger partial charge in [-0.05, 0) is 48.5 Å². The molecule has 0 radical (unpaired) electrons. The first kappa shape index (κ1) is 25.5. The summed E-state index contributed by atoms with van der Waals surface area (Å²) in [5.74, 6) is 0.212. The Morgan fingerprint density at radius 1 is 0.743 bits per heavy atom. The Hall–Kier alpha value is -4.16. The van der Waals surface area contributed by atoms with Gasteiger partial charge in [0, 0.05) is 11.1 Å². The molecule has 0 saturated carbocycles. The number of ether oxygens (including phenoxy) is 3. The number of thiazole rings is 2. The molecule has 182 valence electrons. The van der Waals surface area contributed by atoms with Gasteiger partial charge in [-0.15, -0.1) is 22.7 Å². The second-order valence-electron chi connectivity index (χ2n) is 6.72. The summed E-state index contributed by atoms with van der Waals surface area (Å²) >= 11 is 2.26. The zero-order valence-electron chi connectivity index (χ0n) is 19.0. The third kappa shape index (κ3) is 6.05. The van der Waals surface area contributed by atoms with E-state index in [4.69, 9.17) is 26.0 Å². The van der Waals surface area contributed by atoms with E-state index in [2.05, 4.69) is 14.7 Å². The molecular weight excluding hydrogens is 492 g/mol. The number of nitrogen functional groups attached to an aromatic ring is 2. The zero-order valence-corrected chi connectivity index (χ0v) is 20.6. The van der Waals surface area contributed by atoms with Gasteiger partial charge in [-0.1, -0.05) is 0 Å². The van der Waals surface area contributed by atoms with Crippen LogP contribution in [0.2, 0.25) is 0 Å². The van der Waals surface area contributed by atoms with Crippen molar-refractivity contribution >= 4 is 46.2 Å². The maximum Gasteiger partial charge on any atom is 0.351 e. The van der Waals surface area contributed by atoms with Crippen molar-refractivity contribution in [3.63, 3.8) is 0 Å². The molecule has 12 heteroatoms. The molecule has 4 aromatic rings. The minimum atomic E-state index is -1.06. The Labute approximate surface area is 208 Å². The van der Waals surface area contributed by atoms with Gasteiger partial charge in [0.1, 0.15) is 33.1 Å². The lowest BCUT2D eigenvalue weighted by Crippen LogP contribution is -2.01. The Morgan fingerprint density at radius 2 is 1.14 bits per heavy atom. The summed E-state index contributed by atoms with van der Waals surface area (Å²) in [6.07, 6.45) is 0. The first-order valence-electron chi connectivity index (χ1n) is 9.90. The summed E-state index contributed by atoms with van der Waals surface area (Å²) in [5, 5.41) is 10.1. The van der Waals surface area contributed by atoms with E-state index < -0.39 is 11.9 Å². The molecular formula is C23H22N4O6S2. The monoisotopic (exact) mass is 514 g/mol. The fourth-order valence-electron chi connectivity index (χ4n) is 2.77. The molecule has 2 heterocycles. The minimum Gasteiger partial charge on any atom is -0.497 e. The van der Waals surface area contributed by atoms with Gasteiger partial charge >= 0.3 is 11.9 Å². The number of esters is 1. The molecule has 0 aliphatic heterocycles. The molecule has 2 aromatic heterocycles. The fraction of sp³-hybridized carbons (Fsp3) is 0.130. The number of carboxylic acids is 1. The van der Waals surface area contributed by atoms with Gasteiger partial charge in [0.15, 0.2) is 9.75 Å². The van der Waals surface area contributed by atoms with Gasteiger partial charge in [0.25, 0.3) is 0 Å². The quantitative estimate of drug-likeness (QED) is 0.317. The van der Waals surface area contributed by atoms with Gasteiger partial charge in [0.2, 0.25) is 0 Å². The SMILES string of the molecule is COC(=O)c1sc(-c2ccc(OC)cc2)nc1N.COc1ccc(-c2nc(N)c(C(=O)O)s2)cc1. The number of methoxy groups -OCH3 is 3. The second-order valence-corrected chi connectivity index (χ2v) is 8.72. The lowest BCUT2D eigenvalue weighted by Gasteiger charge is -1.99. The normalized spacial score (nSPS) is 10.1. The number of hydrogen-bond donors (Lipinski definition) is 3. The van der Waals surface area contributed by atoms with Crippen molar-refractivity contribution in [1.29, 1.82) is 0 Å². The molecule has 35 heavy (non-hydrogen) atoms. The van der Waals surface area contributed by atoms with Crippen molar-refractivity contribution in [3.8, 4) is 32.6 Å². The Bertz CT molecular complexity index is 1320. The van der Waals surface area contributed by atoms with Crippen molar-refractivity contribution in [1.82, 2.24) is 9.97 Å². The predicted octanol–water partition coefficient (Wildman–Crippen LogP) is 4.29. The van der Waals surface area contributed by atoms with E-state index in [1.54, 1.807) is 26.4 Å². The summed E-state index contributed by atoms with van der Waals surface area (Å²) in [6, 6.07) is 14.6. The van der Waals surface area contributed by atoms with Crippen LogP contribution in [-0.4, -0.2) is 48.3 Å². The van der Waals surface area contributed by atoms with E-state index in [0.29, 0.717) is 14.9 Å². The van der Waals surface area contributed by atoms with E-state index in [1.807, 2.05) is 36.4 Å². The maximum absolute atomic E-state index is 11.4. The highest BCUT2D eigenvalue weighted by molar-refractivity contribution is 7.17. The van der Waals surface area contributed by atoms with Crippen molar-refractivity contribution in [2.45, 2.75) is 0 Å². The predicted molar refractivity (Wildman–Crippen MR) is 135 cm³/mol. The molecule has 2 aromatic carbocycles. The first-order chi connectivity index (χ1) is 16.8. The molecule has 0 bridgehead atoms. The topological polar surface area (TPSA) is 160 Å². The van der Waals surface area contributed by atoms with Crippen LogP contribution in [0.1, 0.15) is 19.3 Å². The molecule has 0 aliphatic carbocycles.